The van der Waals surface area contributed by atoms with E-state index in [0.717, 1.165) is 24.4 Å². The zero-order chi connectivity index (χ0) is 13.2. The topological polar surface area (TPSA) is 17.8 Å². The minimum atomic E-state index is 1.03. The summed E-state index contributed by atoms with van der Waals surface area (Å²) in [4.78, 5) is 4.44. The van der Waals surface area contributed by atoms with Crippen molar-refractivity contribution >= 4 is 5.57 Å². The summed E-state index contributed by atoms with van der Waals surface area (Å²) < 4.78 is 2.13. The molecule has 0 saturated carbocycles. The first kappa shape index (κ1) is 12.0. The molecule has 1 aromatic carbocycles. The van der Waals surface area contributed by atoms with Gasteiger partial charge in [-0.1, -0.05) is 30.4 Å². The number of hydrogen-bond donors (Lipinski definition) is 0. The molecule has 19 heavy (non-hydrogen) atoms. The van der Waals surface area contributed by atoms with Gasteiger partial charge in [-0.2, -0.15) is 0 Å². The molecular weight excluding hydrogens is 232 g/mol. The van der Waals surface area contributed by atoms with E-state index in [-0.39, 0.29) is 0 Å². The van der Waals surface area contributed by atoms with Gasteiger partial charge in [0, 0.05) is 11.9 Å². The van der Waals surface area contributed by atoms with Crippen molar-refractivity contribution in [2.75, 3.05) is 0 Å². The Morgan fingerprint density at radius 3 is 2.42 bits per heavy atom. The Hall–Kier alpha value is -2.09. The molecular formula is C17H18N2. The van der Waals surface area contributed by atoms with Crippen LogP contribution in [0.3, 0.4) is 0 Å². The molecule has 2 aromatic rings. The predicted octanol–water partition coefficient (Wildman–Crippen LogP) is 4.22. The van der Waals surface area contributed by atoms with Crippen LogP contribution >= 0.6 is 0 Å². The molecule has 2 heteroatoms. The van der Waals surface area contributed by atoms with E-state index in [0.29, 0.717) is 0 Å². The minimum Gasteiger partial charge on any atom is -0.304 e. The maximum atomic E-state index is 4.44. The zero-order valence-corrected chi connectivity index (χ0v) is 11.4. The van der Waals surface area contributed by atoms with Gasteiger partial charge in [-0.25, -0.2) is 4.98 Å². The number of rotatable bonds is 2. The smallest absolute Gasteiger partial charge is 0.110 e. The van der Waals surface area contributed by atoms with Crippen LogP contribution in [0, 0.1) is 13.8 Å². The van der Waals surface area contributed by atoms with Gasteiger partial charge in [0.1, 0.15) is 5.82 Å². The van der Waals surface area contributed by atoms with E-state index in [4.69, 9.17) is 0 Å². The van der Waals surface area contributed by atoms with Crippen molar-refractivity contribution < 1.29 is 0 Å². The molecule has 3 rings (SSSR count). The first-order valence-corrected chi connectivity index (χ1v) is 6.74. The maximum Gasteiger partial charge on any atom is 0.110 e. The van der Waals surface area contributed by atoms with Gasteiger partial charge in [0.05, 0.1) is 5.69 Å². The summed E-state index contributed by atoms with van der Waals surface area (Å²) in [5.74, 6) is 1.03. The zero-order valence-electron chi connectivity index (χ0n) is 11.4. The first-order valence-electron chi connectivity index (χ1n) is 6.74. The van der Waals surface area contributed by atoms with Crippen molar-refractivity contribution in [2.24, 2.45) is 0 Å². The number of nitrogens with zero attached hydrogens (tertiary/aromatic N) is 2. The van der Waals surface area contributed by atoms with Gasteiger partial charge in [-0.05, 0) is 50.0 Å². The molecule has 1 aromatic heterocycles. The molecule has 0 amide bonds. The SMILES string of the molecule is Cc1cn(-c2ccc(C3=CCCC=C3)cc2)c(C)n1. The minimum absolute atomic E-state index is 1.03. The largest absolute Gasteiger partial charge is 0.304 e. The van der Waals surface area contributed by atoms with Gasteiger partial charge in [-0.3, -0.25) is 0 Å². The van der Waals surface area contributed by atoms with Crippen molar-refractivity contribution in [1.29, 1.82) is 0 Å². The molecule has 0 aliphatic heterocycles. The molecule has 0 spiro atoms. The van der Waals surface area contributed by atoms with Crippen molar-refractivity contribution in [3.63, 3.8) is 0 Å². The molecule has 0 atom stereocenters. The molecule has 0 unspecified atom stereocenters. The summed E-state index contributed by atoms with van der Waals surface area (Å²) in [7, 11) is 0. The second-order valence-corrected chi connectivity index (χ2v) is 4.99. The number of aryl methyl sites for hydroxylation is 2. The monoisotopic (exact) mass is 250 g/mol. The van der Waals surface area contributed by atoms with Gasteiger partial charge in [0.25, 0.3) is 0 Å². The Balaban J connectivity index is 1.93. The van der Waals surface area contributed by atoms with Crippen LogP contribution in [0.2, 0.25) is 0 Å². The Kier molecular flexibility index (Phi) is 3.08. The number of benzene rings is 1. The second-order valence-electron chi connectivity index (χ2n) is 4.99. The van der Waals surface area contributed by atoms with Crippen LogP contribution in [0.25, 0.3) is 11.3 Å². The normalized spacial score (nSPS) is 14.5. The summed E-state index contributed by atoms with van der Waals surface area (Å²) in [5.41, 5.74) is 4.84. The highest BCUT2D eigenvalue weighted by Gasteiger charge is 2.05. The van der Waals surface area contributed by atoms with Crippen LogP contribution in [0.5, 0.6) is 0 Å². The number of aromatic nitrogens is 2. The third-order valence-electron chi connectivity index (χ3n) is 3.48. The second kappa shape index (κ2) is 4.88. The van der Waals surface area contributed by atoms with Gasteiger partial charge in [0.15, 0.2) is 0 Å². The molecule has 1 aliphatic carbocycles. The van der Waals surface area contributed by atoms with E-state index >= 15 is 0 Å². The van der Waals surface area contributed by atoms with Crippen LogP contribution in [-0.2, 0) is 0 Å². The lowest BCUT2D eigenvalue weighted by atomic mass is 9.99. The number of allylic oxidation sites excluding steroid dienone is 4. The lowest BCUT2D eigenvalue weighted by molar-refractivity contribution is 0.974. The molecule has 0 bridgehead atoms. The molecule has 0 radical (unpaired) electrons. The van der Waals surface area contributed by atoms with Crippen LogP contribution in [-0.4, -0.2) is 9.55 Å². The van der Waals surface area contributed by atoms with Crippen molar-refractivity contribution in [2.45, 2.75) is 26.7 Å². The van der Waals surface area contributed by atoms with Crippen LogP contribution in [0.15, 0.2) is 48.7 Å². The standard InChI is InChI=1S/C17H18N2/c1-13-12-19(14(2)18-13)17-10-8-16(9-11-17)15-6-4-3-5-7-15/h4,6-12H,3,5H2,1-2H3. The van der Waals surface area contributed by atoms with E-state index in [1.54, 1.807) is 0 Å². The highest BCUT2D eigenvalue weighted by molar-refractivity contribution is 5.75. The van der Waals surface area contributed by atoms with Crippen LogP contribution in [0.1, 0.15) is 29.9 Å². The van der Waals surface area contributed by atoms with Crippen molar-refractivity contribution in [3.05, 3.63) is 65.8 Å². The highest BCUT2D eigenvalue weighted by Crippen LogP contribution is 2.22. The average molecular weight is 250 g/mol. The van der Waals surface area contributed by atoms with E-state index in [1.165, 1.54) is 16.8 Å². The van der Waals surface area contributed by atoms with Crippen LogP contribution < -0.4 is 0 Å². The van der Waals surface area contributed by atoms with Gasteiger partial charge < -0.3 is 4.57 Å². The summed E-state index contributed by atoms with van der Waals surface area (Å²) in [5, 5.41) is 0. The summed E-state index contributed by atoms with van der Waals surface area (Å²) in [6.45, 7) is 4.06. The van der Waals surface area contributed by atoms with E-state index in [2.05, 4.69) is 58.2 Å². The quantitative estimate of drug-likeness (QED) is 0.780. The maximum absolute atomic E-state index is 4.44. The third-order valence-corrected chi connectivity index (χ3v) is 3.48. The highest BCUT2D eigenvalue weighted by atomic mass is 15.1. The fourth-order valence-corrected chi connectivity index (χ4v) is 2.52. The summed E-state index contributed by atoms with van der Waals surface area (Å²) in [6.07, 6.45) is 11.1. The Bertz CT molecular complexity index is 642. The fraction of sp³-hybridized carbons (Fsp3) is 0.235. The first-order chi connectivity index (χ1) is 9.24. The molecule has 0 fully saturated rings. The Morgan fingerprint density at radius 1 is 1.05 bits per heavy atom. The molecule has 96 valence electrons. The number of hydrogen-bond acceptors (Lipinski definition) is 1. The fourth-order valence-electron chi connectivity index (χ4n) is 2.52. The molecule has 1 heterocycles. The van der Waals surface area contributed by atoms with Gasteiger partial charge >= 0.3 is 0 Å². The predicted molar refractivity (Wildman–Crippen MR) is 79.4 cm³/mol. The summed E-state index contributed by atoms with van der Waals surface area (Å²) in [6, 6.07) is 8.69. The van der Waals surface area contributed by atoms with E-state index in [1.807, 2.05) is 13.8 Å². The van der Waals surface area contributed by atoms with Gasteiger partial charge in [-0.15, -0.1) is 0 Å². The lowest BCUT2D eigenvalue weighted by Gasteiger charge is -2.09. The van der Waals surface area contributed by atoms with E-state index in [9.17, 15) is 0 Å². The molecule has 0 N–H and O–H groups in total. The van der Waals surface area contributed by atoms with Crippen LogP contribution in [0.4, 0.5) is 0 Å². The van der Waals surface area contributed by atoms with E-state index < -0.39 is 0 Å². The van der Waals surface area contributed by atoms with Gasteiger partial charge in [0.2, 0.25) is 0 Å². The van der Waals surface area contributed by atoms with Crippen molar-refractivity contribution in [1.82, 2.24) is 9.55 Å². The third kappa shape index (κ3) is 2.39. The van der Waals surface area contributed by atoms with Crippen molar-refractivity contribution in [3.8, 4) is 5.69 Å². The summed E-state index contributed by atoms with van der Waals surface area (Å²) >= 11 is 0. The lowest BCUT2D eigenvalue weighted by Crippen LogP contribution is -1.95. The molecule has 0 saturated heterocycles. The average Bonchev–Trinajstić information content (AvgIpc) is 2.79. The Morgan fingerprint density at radius 2 is 1.84 bits per heavy atom. The Labute approximate surface area is 114 Å². The molecule has 2 nitrogen and oxygen atoms in total. The number of imidazole rings is 1. The molecule has 1 aliphatic rings.